The summed E-state index contributed by atoms with van der Waals surface area (Å²) in [5.41, 5.74) is 0. The molecule has 0 aromatic heterocycles. The van der Waals surface area contributed by atoms with Crippen molar-refractivity contribution in [3.8, 4) is 0 Å². The van der Waals surface area contributed by atoms with Crippen molar-refractivity contribution in [1.82, 2.24) is 0 Å². The van der Waals surface area contributed by atoms with Gasteiger partial charge in [-0.15, -0.1) is 0 Å². The van der Waals surface area contributed by atoms with Gasteiger partial charge >= 0.3 is 0 Å². The molecule has 0 radical (unpaired) electrons. The largest absolute Gasteiger partial charge is 0.0651 e. The second-order valence-electron chi connectivity index (χ2n) is 6.88. The molecule has 1 aliphatic carbocycles. The Bertz CT molecular complexity index is 173. The summed E-state index contributed by atoms with van der Waals surface area (Å²) in [4.78, 5) is 0. The first-order chi connectivity index (χ1) is 8.44. The summed E-state index contributed by atoms with van der Waals surface area (Å²) >= 11 is 0. The summed E-state index contributed by atoms with van der Waals surface area (Å²) < 4.78 is 0. The predicted molar refractivity (Wildman–Crippen MR) is 84.8 cm³/mol. The topological polar surface area (TPSA) is 0 Å². The molecule has 0 nitrogen and oxygen atoms in total. The highest BCUT2D eigenvalue weighted by atomic mass is 14.5. The maximum atomic E-state index is 2.50. The highest BCUT2D eigenvalue weighted by Crippen LogP contribution is 2.51. The maximum Gasteiger partial charge on any atom is -0.0355 e. The zero-order valence-corrected chi connectivity index (χ0v) is 14.3. The normalized spacial score (nSPS) is 35.5. The molecule has 0 aromatic carbocycles. The minimum Gasteiger partial charge on any atom is -0.0651 e. The van der Waals surface area contributed by atoms with Crippen molar-refractivity contribution in [2.24, 2.45) is 35.5 Å². The fourth-order valence-corrected chi connectivity index (χ4v) is 4.29. The van der Waals surface area contributed by atoms with Crippen LogP contribution < -0.4 is 0 Å². The minimum absolute atomic E-state index is 0.833. The lowest BCUT2D eigenvalue weighted by Gasteiger charge is -2.23. The summed E-state index contributed by atoms with van der Waals surface area (Å²) in [7, 11) is 0. The van der Waals surface area contributed by atoms with Crippen molar-refractivity contribution in [3.05, 3.63) is 0 Å². The van der Waals surface area contributed by atoms with Crippen molar-refractivity contribution in [2.75, 3.05) is 0 Å². The lowest BCUT2D eigenvalue weighted by molar-refractivity contribution is 0.260. The third-order valence-electron chi connectivity index (χ3n) is 4.89. The number of rotatable bonds is 4. The van der Waals surface area contributed by atoms with Crippen LogP contribution >= 0.6 is 0 Å². The second-order valence-corrected chi connectivity index (χ2v) is 6.88. The highest BCUT2D eigenvalue weighted by Gasteiger charge is 2.44. The van der Waals surface area contributed by atoms with E-state index in [0.29, 0.717) is 0 Å². The van der Waals surface area contributed by atoms with Gasteiger partial charge in [0.05, 0.1) is 0 Å². The van der Waals surface area contributed by atoms with Gasteiger partial charge in [-0.1, -0.05) is 81.1 Å². The van der Waals surface area contributed by atoms with Gasteiger partial charge in [0.1, 0.15) is 0 Å². The monoisotopic (exact) mass is 254 g/mol. The van der Waals surface area contributed by atoms with Crippen molar-refractivity contribution in [1.29, 1.82) is 0 Å². The van der Waals surface area contributed by atoms with E-state index in [1.54, 1.807) is 0 Å². The Morgan fingerprint density at radius 3 is 1.00 bits per heavy atom. The maximum absolute atomic E-state index is 2.50. The molecule has 0 aromatic rings. The summed E-state index contributed by atoms with van der Waals surface area (Å²) in [5, 5.41) is 0. The van der Waals surface area contributed by atoms with E-state index in [4.69, 9.17) is 0 Å². The molecule has 1 fully saturated rings. The lowest BCUT2D eigenvalue weighted by Crippen LogP contribution is -2.15. The van der Waals surface area contributed by atoms with E-state index in [2.05, 4.69) is 55.4 Å². The van der Waals surface area contributed by atoms with Gasteiger partial charge in [0.15, 0.2) is 0 Å². The fourth-order valence-electron chi connectivity index (χ4n) is 4.29. The molecule has 0 heterocycles. The summed E-state index contributed by atoms with van der Waals surface area (Å²) in [6.07, 6.45) is 5.59. The minimum atomic E-state index is 0.833. The van der Waals surface area contributed by atoms with Crippen LogP contribution in [0.2, 0.25) is 0 Å². The Morgan fingerprint density at radius 1 is 0.611 bits per heavy atom. The molecule has 0 N–H and O–H groups in total. The molecule has 0 spiro atoms. The lowest BCUT2D eigenvalue weighted by atomic mass is 9.82. The number of hydrogen-bond donors (Lipinski definition) is 0. The van der Waals surface area contributed by atoms with Crippen LogP contribution in [0.25, 0.3) is 0 Å². The van der Waals surface area contributed by atoms with Crippen LogP contribution in [0.15, 0.2) is 0 Å². The van der Waals surface area contributed by atoms with Crippen LogP contribution in [0.3, 0.4) is 0 Å². The quantitative estimate of drug-likeness (QED) is 0.544. The SMILES string of the molecule is CC(C)C.CCC1C(C)C(CC)C(CC)C1CC. The molecular formula is C18H38. The molecule has 0 bridgehead atoms. The Balaban J connectivity index is 0.000000631. The molecule has 0 amide bonds. The first-order valence-electron chi connectivity index (χ1n) is 8.44. The Kier molecular flexibility index (Phi) is 8.99. The van der Waals surface area contributed by atoms with Crippen molar-refractivity contribution >= 4 is 0 Å². The van der Waals surface area contributed by atoms with E-state index in [1.807, 2.05) is 0 Å². The molecular weight excluding hydrogens is 216 g/mol. The third kappa shape index (κ3) is 4.59. The molecule has 18 heavy (non-hydrogen) atoms. The van der Waals surface area contributed by atoms with Crippen molar-refractivity contribution in [2.45, 2.75) is 81.1 Å². The molecule has 0 saturated heterocycles. The average molecular weight is 255 g/mol. The third-order valence-corrected chi connectivity index (χ3v) is 4.89. The molecule has 110 valence electrons. The van der Waals surface area contributed by atoms with Gasteiger partial charge in [0.25, 0.3) is 0 Å². The average Bonchev–Trinajstić information content (AvgIpc) is 2.58. The van der Waals surface area contributed by atoms with Gasteiger partial charge in [-0.3, -0.25) is 0 Å². The van der Waals surface area contributed by atoms with Gasteiger partial charge in [-0.05, 0) is 35.5 Å². The van der Waals surface area contributed by atoms with E-state index < -0.39 is 0 Å². The van der Waals surface area contributed by atoms with Crippen LogP contribution in [0.1, 0.15) is 81.1 Å². The van der Waals surface area contributed by atoms with Crippen LogP contribution in [0, 0.1) is 35.5 Å². The first-order valence-corrected chi connectivity index (χ1v) is 8.44. The van der Waals surface area contributed by atoms with E-state index in [1.165, 1.54) is 25.7 Å². The Labute approximate surface area is 117 Å². The summed E-state index contributed by atoms with van der Waals surface area (Å²) in [6.45, 7) is 18.5. The summed E-state index contributed by atoms with van der Waals surface area (Å²) in [6, 6.07) is 0. The Hall–Kier alpha value is 0. The molecule has 4 unspecified atom stereocenters. The van der Waals surface area contributed by atoms with Crippen molar-refractivity contribution in [3.63, 3.8) is 0 Å². The molecule has 1 aliphatic rings. The van der Waals surface area contributed by atoms with Crippen LogP contribution in [-0.4, -0.2) is 0 Å². The summed E-state index contributed by atoms with van der Waals surface area (Å²) in [5.74, 6) is 5.86. The molecule has 0 aliphatic heterocycles. The molecule has 0 heteroatoms. The molecule has 1 saturated carbocycles. The van der Waals surface area contributed by atoms with E-state index in [9.17, 15) is 0 Å². The smallest absolute Gasteiger partial charge is 0.0355 e. The van der Waals surface area contributed by atoms with Gasteiger partial charge in [0, 0.05) is 0 Å². The van der Waals surface area contributed by atoms with E-state index >= 15 is 0 Å². The van der Waals surface area contributed by atoms with E-state index in [0.717, 1.165) is 35.5 Å². The fraction of sp³-hybridized carbons (Fsp3) is 1.00. The standard InChI is InChI=1S/C14H28.C4H10/c1-6-11-10(5)12(7-2)14(9-4)13(11)8-3;1-4(2)3/h10-14H,6-9H2,1-5H3;4H,1-3H3. The van der Waals surface area contributed by atoms with Crippen LogP contribution in [0.5, 0.6) is 0 Å². The second kappa shape index (κ2) is 8.99. The number of hydrogen-bond acceptors (Lipinski definition) is 0. The van der Waals surface area contributed by atoms with Gasteiger partial charge in [-0.25, -0.2) is 0 Å². The van der Waals surface area contributed by atoms with Gasteiger partial charge in [-0.2, -0.15) is 0 Å². The van der Waals surface area contributed by atoms with Gasteiger partial charge < -0.3 is 0 Å². The predicted octanol–water partition coefficient (Wildman–Crippen LogP) is 6.40. The zero-order valence-electron chi connectivity index (χ0n) is 14.3. The molecule has 1 rings (SSSR count). The van der Waals surface area contributed by atoms with Crippen LogP contribution in [0.4, 0.5) is 0 Å². The van der Waals surface area contributed by atoms with Crippen molar-refractivity contribution < 1.29 is 0 Å². The Morgan fingerprint density at radius 2 is 0.833 bits per heavy atom. The van der Waals surface area contributed by atoms with Gasteiger partial charge in [0.2, 0.25) is 0 Å². The first kappa shape index (κ1) is 18.0. The van der Waals surface area contributed by atoms with E-state index in [-0.39, 0.29) is 0 Å². The van der Waals surface area contributed by atoms with Crippen LogP contribution in [-0.2, 0) is 0 Å². The molecule has 4 atom stereocenters. The highest BCUT2D eigenvalue weighted by molar-refractivity contribution is 4.92. The zero-order chi connectivity index (χ0) is 14.3.